The number of carbonyl (C=O) groups is 1. The molecule has 1 atom stereocenters. The molecule has 5 nitrogen and oxygen atoms in total. The van der Waals surface area contributed by atoms with Crippen LogP contribution in [-0.4, -0.2) is 24.7 Å². The second kappa shape index (κ2) is 6.48. The third-order valence-corrected chi connectivity index (χ3v) is 6.85. The highest BCUT2D eigenvalue weighted by molar-refractivity contribution is 9.10. The molecule has 2 aromatic carbocycles. The summed E-state index contributed by atoms with van der Waals surface area (Å²) < 4.78 is 27.9. The molecule has 1 aliphatic heterocycles. The number of sulfonamides is 1. The molecule has 0 bridgehead atoms. The van der Waals surface area contributed by atoms with E-state index in [1.165, 1.54) is 12.1 Å². The maximum absolute atomic E-state index is 13.1. The smallest absolute Gasteiger partial charge is 0.245 e. The first-order valence-electron chi connectivity index (χ1n) is 7.13. The van der Waals surface area contributed by atoms with Gasteiger partial charge in [-0.3, -0.25) is 4.79 Å². The van der Waals surface area contributed by atoms with Crippen molar-refractivity contribution in [3.05, 3.63) is 63.1 Å². The molecule has 0 spiro atoms. The third kappa shape index (κ3) is 3.09. The summed E-state index contributed by atoms with van der Waals surface area (Å²) in [6, 6.07) is 11.0. The Hall–Kier alpha value is -1.41. The van der Waals surface area contributed by atoms with E-state index in [0.717, 1.165) is 15.4 Å². The zero-order valence-electron chi connectivity index (χ0n) is 12.4. The molecule has 0 saturated carbocycles. The van der Waals surface area contributed by atoms with Crippen molar-refractivity contribution < 1.29 is 13.2 Å². The summed E-state index contributed by atoms with van der Waals surface area (Å²) in [5.41, 5.74) is 7.25. The van der Waals surface area contributed by atoms with Gasteiger partial charge in [0, 0.05) is 11.0 Å². The molecule has 1 amide bonds. The van der Waals surface area contributed by atoms with Gasteiger partial charge in [-0.05, 0) is 35.7 Å². The largest absolute Gasteiger partial charge is 0.368 e. The Morgan fingerprint density at radius 3 is 2.50 bits per heavy atom. The van der Waals surface area contributed by atoms with Crippen molar-refractivity contribution in [2.24, 2.45) is 5.73 Å². The highest BCUT2D eigenvalue weighted by Crippen LogP contribution is 2.33. The zero-order valence-corrected chi connectivity index (χ0v) is 15.6. The van der Waals surface area contributed by atoms with Gasteiger partial charge in [-0.1, -0.05) is 51.8 Å². The lowest BCUT2D eigenvalue weighted by atomic mass is 9.96. The second-order valence-corrected chi connectivity index (χ2v) is 8.70. The summed E-state index contributed by atoms with van der Waals surface area (Å²) in [5.74, 6) is -0.679. The van der Waals surface area contributed by atoms with Crippen LogP contribution in [0.15, 0.2) is 51.8 Å². The second-order valence-electron chi connectivity index (χ2n) is 5.52. The highest BCUT2D eigenvalue weighted by atomic mass is 79.9. The van der Waals surface area contributed by atoms with Crippen molar-refractivity contribution in [2.45, 2.75) is 23.9 Å². The molecule has 1 aliphatic rings. The summed E-state index contributed by atoms with van der Waals surface area (Å²) >= 11 is 9.36. The number of nitrogens with zero attached hydrogens (tertiary/aromatic N) is 1. The van der Waals surface area contributed by atoms with Crippen LogP contribution in [0, 0.1) is 0 Å². The minimum absolute atomic E-state index is 0.0435. The van der Waals surface area contributed by atoms with Crippen LogP contribution in [0.3, 0.4) is 0 Å². The van der Waals surface area contributed by atoms with Gasteiger partial charge >= 0.3 is 0 Å². The van der Waals surface area contributed by atoms with Gasteiger partial charge in [0.1, 0.15) is 10.9 Å². The molecule has 3 rings (SSSR count). The van der Waals surface area contributed by atoms with Crippen molar-refractivity contribution in [3.8, 4) is 0 Å². The predicted octanol–water partition coefficient (Wildman–Crippen LogP) is 2.70. The molecule has 24 heavy (non-hydrogen) atoms. The van der Waals surface area contributed by atoms with E-state index in [4.69, 9.17) is 17.3 Å². The number of carbonyl (C=O) groups excluding carboxylic acids is 1. The van der Waals surface area contributed by atoms with Gasteiger partial charge in [-0.15, -0.1) is 0 Å². The number of amides is 1. The van der Waals surface area contributed by atoms with Gasteiger partial charge in [-0.25, -0.2) is 8.42 Å². The normalized spacial score (nSPS) is 18.2. The number of hydrogen-bond acceptors (Lipinski definition) is 3. The molecular formula is C16H14BrClN2O3S. The molecule has 0 unspecified atom stereocenters. The van der Waals surface area contributed by atoms with Crippen LogP contribution in [0.5, 0.6) is 0 Å². The third-order valence-electron chi connectivity index (χ3n) is 4.01. The van der Waals surface area contributed by atoms with Crippen LogP contribution >= 0.6 is 27.5 Å². The minimum Gasteiger partial charge on any atom is -0.368 e. The topological polar surface area (TPSA) is 80.5 Å². The van der Waals surface area contributed by atoms with Crippen molar-refractivity contribution in [3.63, 3.8) is 0 Å². The van der Waals surface area contributed by atoms with E-state index in [1.54, 1.807) is 6.07 Å². The van der Waals surface area contributed by atoms with E-state index in [2.05, 4.69) is 15.9 Å². The Bertz CT molecular complexity index is 917. The highest BCUT2D eigenvalue weighted by Gasteiger charge is 2.39. The Balaban J connectivity index is 2.10. The molecule has 0 fully saturated rings. The average Bonchev–Trinajstić information content (AvgIpc) is 2.53. The number of fused-ring (bicyclic) bond motifs is 1. The first-order chi connectivity index (χ1) is 11.3. The van der Waals surface area contributed by atoms with Crippen molar-refractivity contribution in [2.75, 3.05) is 0 Å². The van der Waals surface area contributed by atoms with Gasteiger partial charge in [-0.2, -0.15) is 4.31 Å². The van der Waals surface area contributed by atoms with Gasteiger partial charge in [0.05, 0.1) is 5.02 Å². The Labute approximate surface area is 153 Å². The molecule has 1 heterocycles. The Morgan fingerprint density at radius 2 is 1.88 bits per heavy atom. The fourth-order valence-corrected chi connectivity index (χ4v) is 5.39. The lowest BCUT2D eigenvalue weighted by molar-refractivity contribution is -0.122. The van der Waals surface area contributed by atoms with Crippen LogP contribution in [0.4, 0.5) is 0 Å². The minimum atomic E-state index is -3.97. The molecule has 0 radical (unpaired) electrons. The van der Waals surface area contributed by atoms with E-state index < -0.39 is 22.0 Å². The first-order valence-corrected chi connectivity index (χ1v) is 9.75. The lowest BCUT2D eigenvalue weighted by Crippen LogP contribution is -2.51. The van der Waals surface area contributed by atoms with Crippen LogP contribution < -0.4 is 5.73 Å². The van der Waals surface area contributed by atoms with E-state index in [0.29, 0.717) is 4.47 Å². The molecule has 0 aliphatic carbocycles. The van der Waals surface area contributed by atoms with Gasteiger partial charge in [0.15, 0.2) is 0 Å². The number of nitrogens with two attached hydrogens (primary N) is 1. The standard InChI is InChI=1S/C16H14BrClN2O3S/c17-12-5-6-15(13(18)8-12)24(22,23)20-9-11-4-2-1-3-10(11)7-14(20)16(19)21/h1-6,8,14H,7,9H2,(H2,19,21)/t14-/m0/s1. The maximum Gasteiger partial charge on any atom is 0.245 e. The fourth-order valence-electron chi connectivity index (χ4n) is 2.80. The van der Waals surface area contributed by atoms with Crippen LogP contribution in [0.2, 0.25) is 5.02 Å². The average molecular weight is 430 g/mol. The molecule has 0 saturated heterocycles. The van der Waals surface area contributed by atoms with Crippen molar-refractivity contribution in [1.29, 1.82) is 0 Å². The summed E-state index contributed by atoms with van der Waals surface area (Å²) in [6.07, 6.45) is 0.249. The summed E-state index contributed by atoms with van der Waals surface area (Å²) in [7, 11) is -3.97. The predicted molar refractivity (Wildman–Crippen MR) is 95.0 cm³/mol. The number of primary amides is 1. The van der Waals surface area contributed by atoms with Crippen molar-refractivity contribution in [1.82, 2.24) is 4.31 Å². The SMILES string of the molecule is NC(=O)[C@@H]1Cc2ccccc2CN1S(=O)(=O)c1ccc(Br)cc1Cl. The van der Waals surface area contributed by atoms with E-state index in [9.17, 15) is 13.2 Å². The molecule has 2 N–H and O–H groups in total. The maximum atomic E-state index is 13.1. The van der Waals surface area contributed by atoms with Crippen LogP contribution in [0.1, 0.15) is 11.1 Å². The number of halogens is 2. The van der Waals surface area contributed by atoms with Gasteiger partial charge in [0.25, 0.3) is 0 Å². The molecule has 8 heteroatoms. The zero-order chi connectivity index (χ0) is 17.5. The Morgan fingerprint density at radius 1 is 1.21 bits per heavy atom. The van der Waals surface area contributed by atoms with E-state index >= 15 is 0 Å². The van der Waals surface area contributed by atoms with Crippen LogP contribution in [0.25, 0.3) is 0 Å². The number of benzene rings is 2. The quantitative estimate of drug-likeness (QED) is 0.814. The summed E-state index contributed by atoms with van der Waals surface area (Å²) in [4.78, 5) is 11.8. The summed E-state index contributed by atoms with van der Waals surface area (Å²) in [6.45, 7) is 0.0819. The van der Waals surface area contributed by atoms with Crippen LogP contribution in [-0.2, 0) is 27.8 Å². The molecule has 2 aromatic rings. The van der Waals surface area contributed by atoms with E-state index in [1.807, 2.05) is 24.3 Å². The first kappa shape index (κ1) is 17.4. The number of rotatable bonds is 3. The van der Waals surface area contributed by atoms with Gasteiger partial charge in [0.2, 0.25) is 15.9 Å². The van der Waals surface area contributed by atoms with E-state index in [-0.39, 0.29) is 22.9 Å². The monoisotopic (exact) mass is 428 g/mol. The number of hydrogen-bond donors (Lipinski definition) is 1. The molecule has 0 aromatic heterocycles. The molecule has 126 valence electrons. The fraction of sp³-hybridized carbons (Fsp3) is 0.188. The Kier molecular flexibility index (Phi) is 4.70. The van der Waals surface area contributed by atoms with Crippen molar-refractivity contribution >= 4 is 43.5 Å². The molecular weight excluding hydrogens is 416 g/mol. The summed E-state index contributed by atoms with van der Waals surface area (Å²) in [5, 5.41) is 0.0893. The van der Waals surface area contributed by atoms with Gasteiger partial charge < -0.3 is 5.73 Å². The lowest BCUT2D eigenvalue weighted by Gasteiger charge is -2.34.